The van der Waals surface area contributed by atoms with E-state index in [1.54, 1.807) is 0 Å². The van der Waals surface area contributed by atoms with Gasteiger partial charge in [-0.05, 0) is 24.7 Å². The van der Waals surface area contributed by atoms with E-state index in [2.05, 4.69) is 34.6 Å². The average molecular weight is 230 g/mol. The number of hydrogen-bond donors (Lipinski definition) is 0. The first-order valence-electron chi connectivity index (χ1n) is 6.00. The molecule has 1 spiro atoms. The lowest BCUT2D eigenvalue weighted by molar-refractivity contribution is -0.318. The van der Waals surface area contributed by atoms with E-state index in [1.165, 1.54) is 6.42 Å². The minimum atomic E-state index is -0.951. The largest absolute Gasteiger partial charge is 0.374 e. The number of rotatable bonds is 4. The molecule has 0 aromatic carbocycles. The average Bonchev–Trinajstić information content (AvgIpc) is 2.87. The quantitative estimate of drug-likeness (QED) is 0.550. The summed E-state index contributed by atoms with van der Waals surface area (Å²) < 4.78 is 0. The predicted octanol–water partition coefficient (Wildman–Crippen LogP) is 3.03. The summed E-state index contributed by atoms with van der Waals surface area (Å²) in [6.07, 6.45) is 2.28. The van der Waals surface area contributed by atoms with Gasteiger partial charge in [0.05, 0.1) is 12.0 Å². The van der Waals surface area contributed by atoms with Crippen molar-refractivity contribution < 1.29 is 19.6 Å². The Balaban J connectivity index is 2.09. The van der Waals surface area contributed by atoms with E-state index in [1.807, 2.05) is 0 Å². The Kier molecular flexibility index (Phi) is 2.82. The minimum Gasteiger partial charge on any atom is -0.230 e. The summed E-state index contributed by atoms with van der Waals surface area (Å²) in [6.45, 7) is 11.5. The molecule has 0 radical (unpaired) electrons. The summed E-state index contributed by atoms with van der Waals surface area (Å²) >= 11 is 0. The van der Waals surface area contributed by atoms with Crippen molar-refractivity contribution in [1.29, 1.82) is 0 Å². The van der Waals surface area contributed by atoms with Crippen LogP contribution >= 0.6 is 0 Å². The van der Waals surface area contributed by atoms with Gasteiger partial charge in [-0.3, -0.25) is 0 Å². The van der Waals surface area contributed by atoms with Crippen LogP contribution in [0.15, 0.2) is 0 Å². The molecule has 1 atom stereocenters. The molecule has 4 nitrogen and oxygen atoms in total. The molecule has 0 aromatic heterocycles. The topological polar surface area (TPSA) is 43.5 Å². The Morgan fingerprint density at radius 2 is 1.81 bits per heavy atom. The van der Waals surface area contributed by atoms with Gasteiger partial charge in [-0.15, -0.1) is 0 Å². The van der Waals surface area contributed by atoms with Crippen LogP contribution in [-0.4, -0.2) is 12.6 Å². The van der Waals surface area contributed by atoms with Crippen LogP contribution in [-0.2, 0) is 19.6 Å². The van der Waals surface area contributed by atoms with Crippen LogP contribution in [0.3, 0.4) is 0 Å². The van der Waals surface area contributed by atoms with Gasteiger partial charge in [-0.25, -0.2) is 4.89 Å². The molecule has 0 saturated carbocycles. The van der Waals surface area contributed by atoms with Crippen molar-refractivity contribution in [3.05, 3.63) is 0 Å². The molecule has 2 fully saturated rings. The molecule has 2 saturated heterocycles. The summed E-state index contributed by atoms with van der Waals surface area (Å²) in [4.78, 5) is 20.2. The smallest absolute Gasteiger partial charge is 0.230 e. The van der Waals surface area contributed by atoms with E-state index in [0.29, 0.717) is 12.5 Å². The van der Waals surface area contributed by atoms with Crippen molar-refractivity contribution >= 4 is 0 Å². The van der Waals surface area contributed by atoms with Crippen LogP contribution in [0, 0.1) is 16.7 Å². The van der Waals surface area contributed by atoms with Crippen LogP contribution in [0.25, 0.3) is 0 Å². The Hall–Kier alpha value is -0.160. The Labute approximate surface area is 97.1 Å². The predicted molar refractivity (Wildman–Crippen MR) is 57.9 cm³/mol. The first kappa shape index (κ1) is 12.3. The van der Waals surface area contributed by atoms with E-state index in [4.69, 9.17) is 19.6 Å². The molecule has 0 amide bonds. The molecule has 0 bridgehead atoms. The highest BCUT2D eigenvalue weighted by atomic mass is 17.5. The second kappa shape index (κ2) is 3.67. The molecule has 16 heavy (non-hydrogen) atoms. The van der Waals surface area contributed by atoms with Crippen molar-refractivity contribution in [2.45, 2.75) is 53.4 Å². The first-order valence-corrected chi connectivity index (χ1v) is 6.00. The second-order valence-corrected chi connectivity index (χ2v) is 6.22. The molecule has 1 unspecified atom stereocenters. The summed E-state index contributed by atoms with van der Waals surface area (Å²) in [6, 6.07) is 0. The fourth-order valence-electron chi connectivity index (χ4n) is 2.19. The van der Waals surface area contributed by atoms with Crippen molar-refractivity contribution in [3.63, 3.8) is 0 Å². The molecule has 0 N–H and O–H groups in total. The van der Waals surface area contributed by atoms with Crippen LogP contribution in [0.5, 0.6) is 0 Å². The monoisotopic (exact) mass is 230 g/mol. The summed E-state index contributed by atoms with van der Waals surface area (Å²) in [5, 5.41) is 0. The third-order valence-corrected chi connectivity index (χ3v) is 4.27. The maximum absolute atomic E-state index is 5.12. The van der Waals surface area contributed by atoms with Crippen molar-refractivity contribution in [2.75, 3.05) is 6.61 Å². The normalized spacial score (nSPS) is 32.6. The minimum absolute atomic E-state index is 0.0459. The lowest BCUT2D eigenvalue weighted by Crippen LogP contribution is -2.46. The Bertz CT molecular complexity index is 270. The molecule has 2 aliphatic heterocycles. The summed E-state index contributed by atoms with van der Waals surface area (Å²) in [5.41, 5.74) is -0.209. The second-order valence-electron chi connectivity index (χ2n) is 6.22. The highest BCUT2D eigenvalue weighted by Gasteiger charge is 2.74. The molecule has 94 valence electrons. The van der Waals surface area contributed by atoms with Crippen LogP contribution in [0.2, 0.25) is 0 Å². The summed E-state index contributed by atoms with van der Waals surface area (Å²) in [5.74, 6) is -0.254. The van der Waals surface area contributed by atoms with Crippen molar-refractivity contribution in [1.82, 2.24) is 0 Å². The van der Waals surface area contributed by atoms with Crippen LogP contribution in [0.1, 0.15) is 47.5 Å². The standard InChI is InChI=1S/C12H22O4/c1-9(2)6-7-10(3,4)11(5)8-13-14-12(11)15-16-12/h9H,6-8H2,1-5H3. The summed E-state index contributed by atoms with van der Waals surface area (Å²) in [7, 11) is 0. The Morgan fingerprint density at radius 3 is 2.31 bits per heavy atom. The zero-order valence-corrected chi connectivity index (χ0v) is 10.8. The lowest BCUT2D eigenvalue weighted by atomic mass is 9.63. The zero-order valence-electron chi connectivity index (χ0n) is 10.8. The van der Waals surface area contributed by atoms with Crippen LogP contribution < -0.4 is 0 Å². The van der Waals surface area contributed by atoms with Crippen molar-refractivity contribution in [3.8, 4) is 0 Å². The molecule has 0 aromatic rings. The van der Waals surface area contributed by atoms with Crippen molar-refractivity contribution in [2.24, 2.45) is 16.7 Å². The molecule has 4 heteroatoms. The highest BCUT2D eigenvalue weighted by Crippen LogP contribution is 2.61. The van der Waals surface area contributed by atoms with Gasteiger partial charge in [0.15, 0.2) is 0 Å². The third-order valence-electron chi connectivity index (χ3n) is 4.27. The molecular formula is C12H22O4. The highest BCUT2D eigenvalue weighted by molar-refractivity contribution is 4.99. The van der Waals surface area contributed by atoms with E-state index in [0.717, 1.165) is 6.42 Å². The van der Waals surface area contributed by atoms with Gasteiger partial charge in [0.1, 0.15) is 0 Å². The fourth-order valence-corrected chi connectivity index (χ4v) is 2.19. The van der Waals surface area contributed by atoms with Gasteiger partial charge in [-0.2, -0.15) is 14.7 Å². The SMILES string of the molecule is CC(C)CCC(C)(C)C1(C)COOC12OO2. The maximum atomic E-state index is 5.12. The van der Waals surface area contributed by atoms with Gasteiger partial charge in [0.2, 0.25) is 0 Å². The van der Waals surface area contributed by atoms with E-state index in [9.17, 15) is 0 Å². The molecule has 2 aliphatic rings. The molecule has 2 rings (SSSR count). The maximum Gasteiger partial charge on any atom is 0.374 e. The van der Waals surface area contributed by atoms with Crippen LogP contribution in [0.4, 0.5) is 0 Å². The van der Waals surface area contributed by atoms with E-state index in [-0.39, 0.29) is 10.8 Å². The molecule has 0 aliphatic carbocycles. The third kappa shape index (κ3) is 1.68. The zero-order chi connectivity index (χ0) is 12.0. The Morgan fingerprint density at radius 1 is 1.19 bits per heavy atom. The fraction of sp³-hybridized carbons (Fsp3) is 1.00. The van der Waals surface area contributed by atoms with E-state index >= 15 is 0 Å². The van der Waals surface area contributed by atoms with Gasteiger partial charge in [0.25, 0.3) is 0 Å². The van der Waals surface area contributed by atoms with Gasteiger partial charge in [0, 0.05) is 0 Å². The van der Waals surface area contributed by atoms with Gasteiger partial charge in [-0.1, -0.05) is 34.1 Å². The van der Waals surface area contributed by atoms with E-state index < -0.39 is 5.97 Å². The molecular weight excluding hydrogens is 208 g/mol. The van der Waals surface area contributed by atoms with Gasteiger partial charge < -0.3 is 0 Å². The van der Waals surface area contributed by atoms with Gasteiger partial charge >= 0.3 is 5.97 Å². The number of hydrogen-bond acceptors (Lipinski definition) is 4. The first-order chi connectivity index (χ1) is 7.33. The lowest BCUT2D eigenvalue weighted by Gasteiger charge is -2.39. The molecule has 2 heterocycles.